The number of hydrogen-bond acceptors (Lipinski definition) is 3. The summed E-state index contributed by atoms with van der Waals surface area (Å²) in [4.78, 5) is 5.24. The normalized spacial score (nSPS) is 16.3. The lowest BCUT2D eigenvalue weighted by molar-refractivity contribution is 0.214. The summed E-state index contributed by atoms with van der Waals surface area (Å²) < 4.78 is 7.81. The number of rotatable bonds is 3. The van der Waals surface area contributed by atoms with Crippen LogP contribution in [0.1, 0.15) is 38.4 Å². The number of nitrogens with zero attached hydrogens (tertiary/aromatic N) is 3. The minimum atomic E-state index is 0.254. The fourth-order valence-electron chi connectivity index (χ4n) is 4.84. The zero-order valence-corrected chi connectivity index (χ0v) is 18.7. The van der Waals surface area contributed by atoms with Gasteiger partial charge in [-0.3, -0.25) is 0 Å². The highest BCUT2D eigenvalue weighted by Crippen LogP contribution is 2.42. The van der Waals surface area contributed by atoms with Crippen molar-refractivity contribution in [2.24, 2.45) is 11.3 Å². The third kappa shape index (κ3) is 3.40. The van der Waals surface area contributed by atoms with Gasteiger partial charge >= 0.3 is 0 Å². The molecule has 4 heteroatoms. The van der Waals surface area contributed by atoms with E-state index in [1.165, 1.54) is 17.7 Å². The molecule has 0 aliphatic heterocycles. The molecule has 0 N–H and O–H groups in total. The van der Waals surface area contributed by atoms with E-state index in [2.05, 4.69) is 61.7 Å². The molecule has 1 atom stereocenters. The molecule has 4 nitrogen and oxygen atoms in total. The van der Waals surface area contributed by atoms with Gasteiger partial charge in [0.1, 0.15) is 5.75 Å². The quantitative estimate of drug-likeness (QED) is 0.401. The second-order valence-corrected chi connectivity index (χ2v) is 9.55. The van der Waals surface area contributed by atoms with Crippen molar-refractivity contribution in [3.05, 3.63) is 72.1 Å². The van der Waals surface area contributed by atoms with E-state index in [4.69, 9.17) is 14.8 Å². The van der Waals surface area contributed by atoms with E-state index >= 15 is 0 Å². The van der Waals surface area contributed by atoms with Gasteiger partial charge in [-0.1, -0.05) is 63.2 Å². The second kappa shape index (κ2) is 7.52. The summed E-state index contributed by atoms with van der Waals surface area (Å²) in [6.45, 7) is 7.04. The Balaban J connectivity index is 1.79. The highest BCUT2D eigenvalue weighted by atomic mass is 16.5. The lowest BCUT2D eigenvalue weighted by Crippen LogP contribution is -2.29. The Morgan fingerprint density at radius 2 is 1.71 bits per heavy atom. The molecule has 4 aromatic rings. The number of ether oxygens (including phenoxy) is 1. The van der Waals surface area contributed by atoms with Gasteiger partial charge in [-0.25, -0.2) is 9.50 Å². The van der Waals surface area contributed by atoms with Crippen molar-refractivity contribution in [3.63, 3.8) is 0 Å². The zero-order valence-electron chi connectivity index (χ0n) is 18.7. The van der Waals surface area contributed by atoms with E-state index in [0.717, 1.165) is 46.6 Å². The van der Waals surface area contributed by atoms with Crippen molar-refractivity contribution in [1.29, 1.82) is 0 Å². The molecule has 1 unspecified atom stereocenters. The summed E-state index contributed by atoms with van der Waals surface area (Å²) in [6.07, 6.45) is 5.14. The Morgan fingerprint density at radius 1 is 0.968 bits per heavy atom. The Labute approximate surface area is 183 Å². The van der Waals surface area contributed by atoms with E-state index in [9.17, 15) is 0 Å². The van der Waals surface area contributed by atoms with Gasteiger partial charge in [0, 0.05) is 22.4 Å². The number of para-hydroxylation sites is 1. The molecule has 0 saturated carbocycles. The maximum atomic E-state index is 5.73. The molecule has 2 aromatic heterocycles. The first-order valence-corrected chi connectivity index (χ1v) is 11.1. The van der Waals surface area contributed by atoms with E-state index in [1.807, 2.05) is 24.4 Å². The Hall–Kier alpha value is -3.14. The molecule has 5 rings (SSSR count). The molecule has 1 aliphatic rings. The zero-order chi connectivity index (χ0) is 21.6. The van der Waals surface area contributed by atoms with Crippen molar-refractivity contribution in [1.82, 2.24) is 14.6 Å². The summed E-state index contributed by atoms with van der Waals surface area (Å²) >= 11 is 0. The lowest BCUT2D eigenvalue weighted by Gasteiger charge is -2.35. The molecular weight excluding hydrogens is 382 g/mol. The van der Waals surface area contributed by atoms with Gasteiger partial charge in [-0.15, -0.1) is 0 Å². The third-order valence-electron chi connectivity index (χ3n) is 6.70. The van der Waals surface area contributed by atoms with Gasteiger partial charge in [0.25, 0.3) is 0 Å². The molecule has 0 fully saturated rings. The van der Waals surface area contributed by atoms with E-state index < -0.39 is 0 Å². The molecule has 158 valence electrons. The molecule has 2 aromatic carbocycles. The van der Waals surface area contributed by atoms with Crippen LogP contribution < -0.4 is 4.74 Å². The first-order valence-electron chi connectivity index (χ1n) is 11.1. The predicted octanol–water partition coefficient (Wildman–Crippen LogP) is 6.22. The van der Waals surface area contributed by atoms with Crippen molar-refractivity contribution in [2.75, 3.05) is 7.11 Å². The molecule has 0 spiro atoms. The Kier molecular flexibility index (Phi) is 4.81. The number of fused-ring (bicyclic) bond motifs is 3. The average molecular weight is 412 g/mol. The third-order valence-corrected chi connectivity index (χ3v) is 6.70. The minimum absolute atomic E-state index is 0.254. The van der Waals surface area contributed by atoms with Crippen LogP contribution in [0.15, 0.2) is 60.8 Å². The number of aromatic nitrogens is 3. The van der Waals surface area contributed by atoms with Crippen LogP contribution >= 0.6 is 0 Å². The van der Waals surface area contributed by atoms with Crippen molar-refractivity contribution in [2.45, 2.75) is 40.0 Å². The lowest BCUT2D eigenvalue weighted by atomic mass is 9.71. The van der Waals surface area contributed by atoms with Gasteiger partial charge < -0.3 is 4.74 Å². The molecule has 0 radical (unpaired) electrons. The fourth-order valence-corrected chi connectivity index (χ4v) is 4.84. The van der Waals surface area contributed by atoms with Gasteiger partial charge in [-0.2, -0.15) is 5.10 Å². The summed E-state index contributed by atoms with van der Waals surface area (Å²) in [5.74, 6) is 1.47. The molecule has 0 amide bonds. The maximum absolute atomic E-state index is 5.73. The first kappa shape index (κ1) is 19.8. The summed E-state index contributed by atoms with van der Waals surface area (Å²) in [5, 5.41) is 4.80. The summed E-state index contributed by atoms with van der Waals surface area (Å²) in [6, 6.07) is 18.6. The van der Waals surface area contributed by atoms with Crippen LogP contribution in [0.25, 0.3) is 28.0 Å². The second-order valence-electron chi connectivity index (χ2n) is 9.55. The van der Waals surface area contributed by atoms with Crippen molar-refractivity contribution in [3.8, 4) is 28.1 Å². The first-order chi connectivity index (χ1) is 15.0. The number of hydrogen-bond donors (Lipinski definition) is 0. The summed E-state index contributed by atoms with van der Waals surface area (Å²) in [5.41, 5.74) is 8.06. The minimum Gasteiger partial charge on any atom is -0.496 e. The number of aryl methyl sites for hydroxylation is 1. The highest BCUT2D eigenvalue weighted by Gasteiger charge is 2.33. The van der Waals surface area contributed by atoms with Crippen molar-refractivity contribution < 1.29 is 4.74 Å². The Morgan fingerprint density at radius 3 is 2.45 bits per heavy atom. The van der Waals surface area contributed by atoms with Crippen LogP contribution in [0.3, 0.4) is 0 Å². The van der Waals surface area contributed by atoms with Crippen LogP contribution in [0.4, 0.5) is 0 Å². The van der Waals surface area contributed by atoms with Crippen LogP contribution in [-0.2, 0) is 12.8 Å². The van der Waals surface area contributed by atoms with Crippen LogP contribution in [-0.4, -0.2) is 21.7 Å². The highest BCUT2D eigenvalue weighted by molar-refractivity contribution is 5.81. The van der Waals surface area contributed by atoms with Gasteiger partial charge in [0.05, 0.1) is 19.0 Å². The van der Waals surface area contributed by atoms with Gasteiger partial charge in [-0.05, 0) is 48.3 Å². The summed E-state index contributed by atoms with van der Waals surface area (Å²) in [7, 11) is 1.73. The van der Waals surface area contributed by atoms with Crippen molar-refractivity contribution >= 4 is 5.65 Å². The van der Waals surface area contributed by atoms with Crippen LogP contribution in [0.2, 0.25) is 0 Å². The van der Waals surface area contributed by atoms with E-state index in [1.54, 1.807) is 7.11 Å². The number of methoxy groups -OCH3 is 1. The molecule has 31 heavy (non-hydrogen) atoms. The molecule has 1 aliphatic carbocycles. The predicted molar refractivity (Wildman–Crippen MR) is 125 cm³/mol. The van der Waals surface area contributed by atoms with E-state index in [-0.39, 0.29) is 5.41 Å². The monoisotopic (exact) mass is 411 g/mol. The topological polar surface area (TPSA) is 39.4 Å². The molecular formula is C27H29N3O. The Bertz CT molecular complexity index is 1230. The fraction of sp³-hybridized carbons (Fsp3) is 0.333. The molecule has 2 heterocycles. The van der Waals surface area contributed by atoms with Crippen LogP contribution in [0.5, 0.6) is 5.75 Å². The van der Waals surface area contributed by atoms with E-state index in [0.29, 0.717) is 5.92 Å². The largest absolute Gasteiger partial charge is 0.496 e. The molecule has 0 bridgehead atoms. The van der Waals surface area contributed by atoms with Gasteiger partial charge in [0.15, 0.2) is 5.65 Å². The maximum Gasteiger partial charge on any atom is 0.163 e. The SMILES string of the molecule is COc1ccccc1-c1nc2c(-c3ccccc3)cnn2c2c1CC(C(C)(C)C)CC2. The number of benzene rings is 2. The molecule has 0 saturated heterocycles. The van der Waals surface area contributed by atoms with Crippen LogP contribution in [0, 0.1) is 11.3 Å². The smallest absolute Gasteiger partial charge is 0.163 e. The van der Waals surface area contributed by atoms with Gasteiger partial charge in [0.2, 0.25) is 0 Å². The standard InChI is InChI=1S/C27H29N3O/c1-27(2,3)19-14-15-23-21(16-19)25(20-12-8-9-13-24(20)31-4)29-26-22(17-28-30(23)26)18-10-6-5-7-11-18/h5-13,17,19H,14-16H2,1-4H3. The average Bonchev–Trinajstić information content (AvgIpc) is 3.22.